The van der Waals surface area contributed by atoms with E-state index < -0.39 is 5.97 Å². The highest BCUT2D eigenvalue weighted by Gasteiger charge is 2.31. The second-order valence-corrected chi connectivity index (χ2v) is 7.96. The lowest BCUT2D eigenvalue weighted by Gasteiger charge is -2.15. The number of esters is 1. The Labute approximate surface area is 186 Å². The molecule has 7 nitrogen and oxygen atoms in total. The van der Waals surface area contributed by atoms with E-state index in [1.54, 1.807) is 7.11 Å². The number of phenols is 1. The average Bonchev–Trinajstić information content (AvgIpc) is 3.41. The normalized spacial score (nSPS) is 13.2. The molecule has 32 heavy (non-hydrogen) atoms. The number of phenolic OH excluding ortho intramolecular Hbond substituents is 1. The Kier molecular flexibility index (Phi) is 5.90. The first-order valence-corrected chi connectivity index (χ1v) is 10.5. The summed E-state index contributed by atoms with van der Waals surface area (Å²) >= 11 is 0. The molecule has 0 fully saturated rings. The van der Waals surface area contributed by atoms with Crippen molar-refractivity contribution in [3.05, 3.63) is 64.4 Å². The number of rotatable bonds is 7. The summed E-state index contributed by atoms with van der Waals surface area (Å²) in [5, 5.41) is 14.6. The third kappa shape index (κ3) is 3.93. The predicted molar refractivity (Wildman–Crippen MR) is 122 cm³/mol. The summed E-state index contributed by atoms with van der Waals surface area (Å²) < 4.78 is 10.6. The number of aromatic amines is 1. The van der Waals surface area contributed by atoms with Gasteiger partial charge in [-0.2, -0.15) is 0 Å². The van der Waals surface area contributed by atoms with Gasteiger partial charge in [-0.3, -0.25) is 4.79 Å². The average molecular weight is 434 g/mol. The zero-order chi connectivity index (χ0) is 22.8. The van der Waals surface area contributed by atoms with Gasteiger partial charge in [-0.05, 0) is 50.5 Å². The van der Waals surface area contributed by atoms with Crippen LogP contribution < -0.4 is 10.1 Å². The number of hydrogen-bond acceptors (Lipinski definition) is 5. The van der Waals surface area contributed by atoms with Gasteiger partial charge in [0.2, 0.25) is 5.91 Å². The van der Waals surface area contributed by atoms with E-state index in [2.05, 4.69) is 10.3 Å². The number of aromatic hydroxyl groups is 1. The van der Waals surface area contributed by atoms with Crippen LogP contribution in [-0.2, 0) is 22.6 Å². The van der Waals surface area contributed by atoms with Crippen molar-refractivity contribution >= 4 is 28.5 Å². The molecule has 3 N–H and O–H groups in total. The van der Waals surface area contributed by atoms with Crippen molar-refractivity contribution < 1.29 is 24.2 Å². The molecule has 1 aliphatic heterocycles. The highest BCUT2D eigenvalue weighted by molar-refractivity contribution is 6.01. The largest absolute Gasteiger partial charge is 0.507 e. The quantitative estimate of drug-likeness (QED) is 0.367. The first-order chi connectivity index (χ1) is 15.4. The number of benzene rings is 2. The Morgan fingerprint density at radius 2 is 2.12 bits per heavy atom. The highest BCUT2D eigenvalue weighted by Crippen LogP contribution is 2.42. The molecule has 0 spiro atoms. The van der Waals surface area contributed by atoms with Crippen LogP contribution in [0.4, 0.5) is 5.69 Å². The van der Waals surface area contributed by atoms with Crippen molar-refractivity contribution in [3.63, 3.8) is 0 Å². The molecule has 1 aromatic heterocycles. The van der Waals surface area contributed by atoms with Crippen molar-refractivity contribution in [2.75, 3.05) is 12.4 Å². The molecule has 2 aromatic carbocycles. The zero-order valence-corrected chi connectivity index (χ0v) is 18.4. The summed E-state index contributed by atoms with van der Waals surface area (Å²) in [5.74, 6) is -0.116. The van der Waals surface area contributed by atoms with Crippen LogP contribution >= 0.6 is 0 Å². The fraction of sp³-hybridized carbons (Fsp3) is 0.280. The number of methoxy groups -OCH3 is 1. The van der Waals surface area contributed by atoms with Gasteiger partial charge >= 0.3 is 5.97 Å². The van der Waals surface area contributed by atoms with Gasteiger partial charge in [0, 0.05) is 34.6 Å². The SMILES string of the molecule is COc1c(C)c2c(c(O)c1CC=C(C)CCC(=O)Nc1cccc3[nH]ccc13)C(=O)OC2. The van der Waals surface area contributed by atoms with Gasteiger partial charge < -0.3 is 24.9 Å². The molecule has 2 heterocycles. The third-order valence-corrected chi connectivity index (χ3v) is 5.92. The first kappa shape index (κ1) is 21.5. The Balaban J connectivity index is 1.44. The summed E-state index contributed by atoms with van der Waals surface area (Å²) in [7, 11) is 1.54. The number of fused-ring (bicyclic) bond motifs is 2. The molecule has 1 amide bonds. The van der Waals surface area contributed by atoms with E-state index in [4.69, 9.17) is 9.47 Å². The van der Waals surface area contributed by atoms with Gasteiger partial charge in [0.1, 0.15) is 23.7 Å². The monoisotopic (exact) mass is 434 g/mol. The van der Waals surface area contributed by atoms with Crippen molar-refractivity contribution in [2.45, 2.75) is 39.7 Å². The van der Waals surface area contributed by atoms with Crippen LogP contribution in [0, 0.1) is 6.92 Å². The Morgan fingerprint density at radius 3 is 2.91 bits per heavy atom. The van der Waals surface area contributed by atoms with Crippen LogP contribution in [0.5, 0.6) is 11.5 Å². The number of cyclic esters (lactones) is 1. The van der Waals surface area contributed by atoms with E-state index in [9.17, 15) is 14.7 Å². The number of anilines is 1. The Bertz CT molecular complexity index is 1240. The molecule has 0 bridgehead atoms. The van der Waals surface area contributed by atoms with E-state index in [1.807, 2.05) is 50.4 Å². The van der Waals surface area contributed by atoms with Gasteiger partial charge in [0.15, 0.2) is 0 Å². The molecule has 166 valence electrons. The van der Waals surface area contributed by atoms with Crippen LogP contribution in [0.25, 0.3) is 10.9 Å². The molecule has 0 unspecified atom stereocenters. The molecule has 0 aliphatic carbocycles. The van der Waals surface area contributed by atoms with Crippen molar-refractivity contribution in [1.29, 1.82) is 0 Å². The summed E-state index contributed by atoms with van der Waals surface area (Å²) in [6.07, 6.45) is 5.08. The summed E-state index contributed by atoms with van der Waals surface area (Å²) in [4.78, 5) is 27.6. The minimum Gasteiger partial charge on any atom is -0.507 e. The maximum atomic E-state index is 12.5. The summed E-state index contributed by atoms with van der Waals surface area (Å²) in [6.45, 7) is 3.94. The maximum Gasteiger partial charge on any atom is 0.342 e. The third-order valence-electron chi connectivity index (χ3n) is 5.92. The van der Waals surface area contributed by atoms with Gasteiger partial charge in [0.25, 0.3) is 0 Å². The molecule has 0 atom stereocenters. The summed E-state index contributed by atoms with van der Waals surface area (Å²) in [6, 6.07) is 7.67. The molecule has 0 saturated heterocycles. The van der Waals surface area contributed by atoms with E-state index in [0.29, 0.717) is 36.1 Å². The number of carbonyl (C=O) groups is 2. The highest BCUT2D eigenvalue weighted by atomic mass is 16.5. The fourth-order valence-corrected chi connectivity index (χ4v) is 4.12. The van der Waals surface area contributed by atoms with Crippen LogP contribution in [0.2, 0.25) is 0 Å². The molecule has 4 rings (SSSR count). The standard InChI is InChI=1S/C25H26N2O5/c1-14(8-10-21(28)27-20-6-4-5-19-16(20)11-12-26-19)7-9-17-23(29)22-18(13-32-25(22)30)15(2)24(17)31-3/h4-7,11-12,26,29H,8-10,13H2,1-3H3,(H,27,28). The molecular weight excluding hydrogens is 408 g/mol. The zero-order valence-electron chi connectivity index (χ0n) is 18.4. The van der Waals surface area contributed by atoms with Crippen LogP contribution in [0.1, 0.15) is 46.8 Å². The lowest BCUT2D eigenvalue weighted by molar-refractivity contribution is -0.116. The van der Waals surface area contributed by atoms with Gasteiger partial charge in [-0.25, -0.2) is 4.79 Å². The minimum absolute atomic E-state index is 0.0667. The van der Waals surface area contributed by atoms with Crippen molar-refractivity contribution in [3.8, 4) is 11.5 Å². The number of nitrogens with one attached hydrogen (secondary N) is 2. The van der Waals surface area contributed by atoms with E-state index >= 15 is 0 Å². The van der Waals surface area contributed by atoms with Crippen LogP contribution in [-0.4, -0.2) is 29.1 Å². The van der Waals surface area contributed by atoms with Gasteiger partial charge in [-0.1, -0.05) is 17.7 Å². The minimum atomic E-state index is -0.515. The molecule has 1 aliphatic rings. The maximum absolute atomic E-state index is 12.5. The summed E-state index contributed by atoms with van der Waals surface area (Å²) in [5.41, 5.74) is 5.00. The second kappa shape index (κ2) is 8.78. The number of amides is 1. The Morgan fingerprint density at radius 1 is 1.31 bits per heavy atom. The molecular formula is C25H26N2O5. The van der Waals surface area contributed by atoms with Crippen molar-refractivity contribution in [2.24, 2.45) is 0 Å². The number of carbonyl (C=O) groups excluding carboxylic acids is 2. The number of H-pyrrole nitrogens is 1. The number of allylic oxidation sites excluding steroid dienone is 2. The molecule has 3 aromatic rings. The van der Waals surface area contributed by atoms with E-state index in [0.717, 1.165) is 27.7 Å². The second-order valence-electron chi connectivity index (χ2n) is 7.96. The fourth-order valence-electron chi connectivity index (χ4n) is 4.12. The molecule has 0 radical (unpaired) electrons. The number of ether oxygens (including phenoxy) is 2. The lowest BCUT2D eigenvalue weighted by Crippen LogP contribution is -2.11. The van der Waals surface area contributed by atoms with E-state index in [1.165, 1.54) is 0 Å². The molecule has 0 saturated carbocycles. The first-order valence-electron chi connectivity index (χ1n) is 10.5. The Hall–Kier alpha value is -3.74. The topological polar surface area (TPSA) is 101 Å². The van der Waals surface area contributed by atoms with E-state index in [-0.39, 0.29) is 23.8 Å². The molecule has 7 heteroatoms. The van der Waals surface area contributed by atoms with Gasteiger partial charge in [0.05, 0.1) is 12.8 Å². The number of aromatic nitrogens is 1. The van der Waals surface area contributed by atoms with Crippen molar-refractivity contribution in [1.82, 2.24) is 4.98 Å². The van der Waals surface area contributed by atoms with Crippen LogP contribution in [0.3, 0.4) is 0 Å². The van der Waals surface area contributed by atoms with Gasteiger partial charge in [-0.15, -0.1) is 0 Å². The van der Waals surface area contributed by atoms with Crippen LogP contribution in [0.15, 0.2) is 42.1 Å². The smallest absolute Gasteiger partial charge is 0.342 e. The predicted octanol–water partition coefficient (Wildman–Crippen LogP) is 4.77. The number of hydrogen-bond donors (Lipinski definition) is 3. The lowest BCUT2D eigenvalue weighted by atomic mass is 9.94.